The molecular weight excluding hydrogens is 513 g/mol. The zero-order valence-electron chi connectivity index (χ0n) is 24.9. The number of fused-ring (bicyclic) bond motifs is 7. The molecule has 1 unspecified atom stereocenters. The van der Waals surface area contributed by atoms with Gasteiger partial charge in [-0.2, -0.15) is 18.4 Å². The summed E-state index contributed by atoms with van der Waals surface area (Å²) in [5.74, 6) is 0.210. The van der Waals surface area contributed by atoms with Gasteiger partial charge in [0.1, 0.15) is 12.6 Å². The van der Waals surface area contributed by atoms with E-state index in [1.165, 1.54) is 0 Å². The van der Waals surface area contributed by atoms with Crippen molar-refractivity contribution in [2.45, 2.75) is 99.1 Å². The largest absolute Gasteiger partial charge is 0.405 e. The van der Waals surface area contributed by atoms with Gasteiger partial charge in [0.05, 0.1) is 11.0 Å². The molecule has 0 aliphatic heterocycles. The topological polar surface area (TPSA) is 70.0 Å². The second kappa shape index (κ2) is 8.95. The molecule has 0 aromatic heterocycles. The number of nitrogens with zero attached hydrogens (tertiary/aromatic N) is 1. The van der Waals surface area contributed by atoms with Crippen LogP contribution in [0.15, 0.2) is 23.8 Å². The molecule has 9 atom stereocenters. The summed E-state index contributed by atoms with van der Waals surface area (Å²) in [7, 11) is 0. The molecule has 5 rings (SSSR count). The highest BCUT2D eigenvalue weighted by atomic mass is 19.4. The standard InChI is InChI=1S/C33H45F3N2O2/c1-19(2)21-10-13-32(27(40)38-18-33(34,35)36)15-14-30(6)22(25(21)32)8-9-24-29(5)16-20(17-37)26(39)28(3,4)23(29)11-12-31(24,30)7/h16,21-25H,1,8-15,18H2,2-7H3,(H,38,40)/t21-,22?,23-,24+,25+,29-,30+,31+,32-/m0/s1. The Bertz CT molecular complexity index is 1210. The molecule has 0 aromatic carbocycles. The van der Waals surface area contributed by atoms with E-state index >= 15 is 0 Å². The highest BCUT2D eigenvalue weighted by Gasteiger charge is 2.72. The average molecular weight is 559 g/mol. The Morgan fingerprint density at radius 3 is 2.30 bits per heavy atom. The quantitative estimate of drug-likeness (QED) is 0.364. The van der Waals surface area contributed by atoms with E-state index in [1.54, 1.807) is 0 Å². The number of amides is 1. The second-order valence-corrected chi connectivity index (χ2v) is 15.2. The minimum Gasteiger partial charge on any atom is -0.346 e. The van der Waals surface area contributed by atoms with Crippen LogP contribution in [0.25, 0.3) is 0 Å². The summed E-state index contributed by atoms with van der Waals surface area (Å²) in [6.45, 7) is 16.1. The number of hydrogen-bond donors (Lipinski definition) is 1. The minimum absolute atomic E-state index is 0.0325. The molecule has 0 heterocycles. The fraction of sp³-hybridized carbons (Fsp3) is 0.788. The van der Waals surface area contributed by atoms with Gasteiger partial charge in [0.2, 0.25) is 5.91 Å². The van der Waals surface area contributed by atoms with E-state index in [4.69, 9.17) is 0 Å². The summed E-state index contributed by atoms with van der Waals surface area (Å²) in [5, 5.41) is 12.2. The number of alkyl halides is 3. The first-order valence-electron chi connectivity index (χ1n) is 15.1. The van der Waals surface area contributed by atoms with Crippen LogP contribution in [0.3, 0.4) is 0 Å². The van der Waals surface area contributed by atoms with Crippen molar-refractivity contribution in [1.82, 2.24) is 5.32 Å². The predicted molar refractivity (Wildman–Crippen MR) is 148 cm³/mol. The summed E-state index contributed by atoms with van der Waals surface area (Å²) in [4.78, 5) is 26.9. The molecule has 0 radical (unpaired) electrons. The molecule has 7 heteroatoms. The molecule has 5 aliphatic carbocycles. The average Bonchev–Trinajstić information content (AvgIpc) is 3.26. The lowest BCUT2D eigenvalue weighted by Crippen LogP contribution is -2.66. The molecule has 0 aromatic rings. The van der Waals surface area contributed by atoms with E-state index in [1.807, 2.05) is 26.8 Å². The molecule has 4 nitrogen and oxygen atoms in total. The number of halogens is 3. The van der Waals surface area contributed by atoms with Gasteiger partial charge in [-0.15, -0.1) is 0 Å². The molecule has 1 N–H and O–H groups in total. The van der Waals surface area contributed by atoms with E-state index in [-0.39, 0.29) is 57.2 Å². The molecule has 0 spiro atoms. The fourth-order valence-corrected chi connectivity index (χ4v) is 11.5. The summed E-state index contributed by atoms with van der Waals surface area (Å²) in [5.41, 5.74) is -0.609. The van der Waals surface area contributed by atoms with Crippen LogP contribution in [0.5, 0.6) is 0 Å². The van der Waals surface area contributed by atoms with Gasteiger partial charge in [-0.25, -0.2) is 0 Å². The highest BCUT2D eigenvalue weighted by molar-refractivity contribution is 6.04. The lowest BCUT2D eigenvalue weighted by atomic mass is 9.32. The zero-order chi connectivity index (χ0) is 29.7. The monoisotopic (exact) mass is 558 g/mol. The van der Waals surface area contributed by atoms with Crippen LogP contribution in [0, 0.1) is 68.0 Å². The van der Waals surface area contributed by atoms with E-state index in [0.717, 1.165) is 44.1 Å². The summed E-state index contributed by atoms with van der Waals surface area (Å²) < 4.78 is 39.4. The van der Waals surface area contributed by atoms with Gasteiger partial charge < -0.3 is 5.32 Å². The van der Waals surface area contributed by atoms with Gasteiger partial charge in [-0.05, 0) is 104 Å². The number of Topliss-reactive ketones (excluding diaryl/α,β-unsaturated/α-hetero) is 1. The summed E-state index contributed by atoms with van der Waals surface area (Å²) in [6, 6.07) is 2.21. The SMILES string of the molecule is C=C(C)[C@@H]1CC[C@]2(C(=O)NCC(F)(F)F)CC[C@]3(C)C(CC[C@@H]4[C@@]5(C)C=C(C#N)C(=O)C(C)(C)[C@@H]5CC[C@]43C)[C@@H]12. The van der Waals surface area contributed by atoms with Crippen LogP contribution in [0.2, 0.25) is 0 Å². The van der Waals surface area contributed by atoms with Gasteiger partial charge in [-0.3, -0.25) is 9.59 Å². The first-order chi connectivity index (χ1) is 18.4. The van der Waals surface area contributed by atoms with E-state index in [9.17, 15) is 28.0 Å². The van der Waals surface area contributed by atoms with Crippen molar-refractivity contribution in [2.75, 3.05) is 6.54 Å². The number of nitrogens with one attached hydrogen (secondary N) is 1. The van der Waals surface area contributed by atoms with Gasteiger partial charge in [0.25, 0.3) is 0 Å². The number of ketones is 1. The van der Waals surface area contributed by atoms with Crippen molar-refractivity contribution < 1.29 is 22.8 Å². The highest BCUT2D eigenvalue weighted by Crippen LogP contribution is 2.77. The molecular formula is C33H45F3N2O2. The Hall–Kier alpha value is -2.10. The van der Waals surface area contributed by atoms with Crippen molar-refractivity contribution in [2.24, 2.45) is 56.7 Å². The van der Waals surface area contributed by atoms with Crippen LogP contribution in [0.1, 0.15) is 92.9 Å². The van der Waals surface area contributed by atoms with Crippen LogP contribution in [-0.2, 0) is 9.59 Å². The third kappa shape index (κ3) is 3.76. The molecule has 4 saturated carbocycles. The zero-order valence-corrected chi connectivity index (χ0v) is 24.9. The maximum atomic E-state index is 13.7. The van der Waals surface area contributed by atoms with Crippen molar-refractivity contribution in [3.63, 3.8) is 0 Å². The van der Waals surface area contributed by atoms with Crippen molar-refractivity contribution in [3.05, 3.63) is 23.8 Å². The number of nitriles is 1. The Morgan fingerprint density at radius 2 is 1.70 bits per heavy atom. The first kappa shape index (κ1) is 29.4. The molecule has 220 valence electrons. The number of rotatable bonds is 3. The van der Waals surface area contributed by atoms with E-state index < -0.39 is 29.5 Å². The number of hydrogen-bond acceptors (Lipinski definition) is 3. The van der Waals surface area contributed by atoms with Crippen molar-refractivity contribution in [3.8, 4) is 6.07 Å². The van der Waals surface area contributed by atoms with Crippen molar-refractivity contribution >= 4 is 11.7 Å². The molecule has 5 aliphatic rings. The summed E-state index contributed by atoms with van der Waals surface area (Å²) >= 11 is 0. The van der Waals surface area contributed by atoms with Gasteiger partial charge in [0, 0.05) is 5.41 Å². The van der Waals surface area contributed by atoms with Crippen molar-refractivity contribution in [1.29, 1.82) is 5.26 Å². The molecule has 0 saturated heterocycles. The molecule has 0 bridgehead atoms. The van der Waals surface area contributed by atoms with Crippen LogP contribution in [0.4, 0.5) is 13.2 Å². The second-order valence-electron chi connectivity index (χ2n) is 15.2. The molecule has 1 amide bonds. The Kier molecular flexibility index (Phi) is 6.58. The number of carbonyl (C=O) groups excluding carboxylic acids is 2. The maximum Gasteiger partial charge on any atom is 0.405 e. The fourth-order valence-electron chi connectivity index (χ4n) is 11.5. The molecule has 4 fully saturated rings. The van der Waals surface area contributed by atoms with Crippen LogP contribution in [-0.4, -0.2) is 24.4 Å². The number of allylic oxidation sites excluding steroid dienone is 3. The lowest BCUT2D eigenvalue weighted by molar-refractivity contribution is -0.218. The molecule has 40 heavy (non-hydrogen) atoms. The third-order valence-corrected chi connectivity index (χ3v) is 13.4. The maximum absolute atomic E-state index is 13.7. The van der Waals surface area contributed by atoms with E-state index in [2.05, 4.69) is 38.7 Å². The van der Waals surface area contributed by atoms with Crippen LogP contribution >= 0.6 is 0 Å². The smallest absolute Gasteiger partial charge is 0.346 e. The summed E-state index contributed by atoms with van der Waals surface area (Å²) in [6.07, 6.45) is 4.01. The van der Waals surface area contributed by atoms with E-state index in [0.29, 0.717) is 12.8 Å². The van der Waals surface area contributed by atoms with Gasteiger partial charge >= 0.3 is 6.18 Å². The first-order valence-corrected chi connectivity index (χ1v) is 15.1. The third-order valence-electron chi connectivity index (χ3n) is 13.4. The lowest BCUT2D eigenvalue weighted by Gasteiger charge is -2.71. The number of carbonyl (C=O) groups is 2. The van der Waals surface area contributed by atoms with Crippen LogP contribution < -0.4 is 5.32 Å². The van der Waals surface area contributed by atoms with Gasteiger partial charge in [-0.1, -0.05) is 52.8 Å². The Morgan fingerprint density at radius 1 is 1.02 bits per heavy atom. The Labute approximate surface area is 237 Å². The predicted octanol–water partition coefficient (Wildman–Crippen LogP) is 7.56. The minimum atomic E-state index is -4.44. The Balaban J connectivity index is 1.56. The normalized spacial score (nSPS) is 45.6. The van der Waals surface area contributed by atoms with Gasteiger partial charge in [0.15, 0.2) is 5.78 Å².